The number of amides is 1. The van der Waals surface area contributed by atoms with Gasteiger partial charge in [-0.05, 0) is 35.3 Å². The van der Waals surface area contributed by atoms with E-state index in [1.54, 1.807) is 6.07 Å². The summed E-state index contributed by atoms with van der Waals surface area (Å²) < 4.78 is 25.0. The van der Waals surface area contributed by atoms with Gasteiger partial charge in [-0.2, -0.15) is 4.31 Å². The van der Waals surface area contributed by atoms with Crippen LogP contribution in [0.15, 0.2) is 54.7 Å². The van der Waals surface area contributed by atoms with Crippen molar-refractivity contribution >= 4 is 32.4 Å². The maximum atomic E-state index is 12.1. The highest BCUT2D eigenvalue weighted by molar-refractivity contribution is 7.88. The molecule has 3 aromatic rings. The molecular formula is C21H21N3O3S. The van der Waals surface area contributed by atoms with Crippen LogP contribution in [0.3, 0.4) is 0 Å². The van der Waals surface area contributed by atoms with Crippen LogP contribution in [0.25, 0.3) is 27.6 Å². The fourth-order valence-corrected chi connectivity index (χ4v) is 4.45. The maximum Gasteiger partial charge on any atom is 0.250 e. The van der Waals surface area contributed by atoms with Gasteiger partial charge in [-0.3, -0.25) is 4.79 Å². The van der Waals surface area contributed by atoms with Crippen LogP contribution in [0, 0.1) is 0 Å². The van der Waals surface area contributed by atoms with Crippen LogP contribution in [-0.4, -0.2) is 43.0 Å². The summed E-state index contributed by atoms with van der Waals surface area (Å²) in [7, 11) is -3.20. The van der Waals surface area contributed by atoms with E-state index in [4.69, 9.17) is 5.73 Å². The van der Waals surface area contributed by atoms with Gasteiger partial charge >= 0.3 is 0 Å². The number of hydrogen-bond acceptors (Lipinski definition) is 3. The minimum atomic E-state index is -3.20. The van der Waals surface area contributed by atoms with Gasteiger partial charge < -0.3 is 10.7 Å². The lowest BCUT2D eigenvalue weighted by atomic mass is 9.95. The van der Waals surface area contributed by atoms with Gasteiger partial charge in [-0.25, -0.2) is 8.42 Å². The largest absolute Gasteiger partial charge is 0.366 e. The van der Waals surface area contributed by atoms with Crippen molar-refractivity contribution in [1.29, 1.82) is 0 Å². The number of H-pyrrole nitrogens is 1. The third-order valence-electron chi connectivity index (χ3n) is 5.15. The second-order valence-electron chi connectivity index (χ2n) is 6.98. The van der Waals surface area contributed by atoms with Crippen LogP contribution in [0.5, 0.6) is 0 Å². The monoisotopic (exact) mass is 395 g/mol. The van der Waals surface area contributed by atoms with E-state index < -0.39 is 15.9 Å². The molecule has 0 spiro atoms. The van der Waals surface area contributed by atoms with E-state index in [0.717, 1.165) is 27.6 Å². The number of primary amides is 1. The minimum Gasteiger partial charge on any atom is -0.366 e. The molecule has 4 rings (SSSR count). The Labute approximate surface area is 163 Å². The third kappa shape index (κ3) is 3.34. The fourth-order valence-electron chi connectivity index (χ4n) is 3.69. The molecule has 0 saturated carbocycles. The zero-order valence-corrected chi connectivity index (χ0v) is 16.3. The predicted octanol–water partition coefficient (Wildman–Crippen LogP) is 2.98. The molecule has 0 unspecified atom stereocenters. The minimum absolute atomic E-state index is 0.349. The molecule has 2 heterocycles. The van der Waals surface area contributed by atoms with Gasteiger partial charge in [-0.1, -0.05) is 36.4 Å². The number of aromatic nitrogens is 1. The molecule has 0 atom stereocenters. The molecule has 2 aromatic carbocycles. The van der Waals surface area contributed by atoms with Crippen molar-refractivity contribution in [2.45, 2.75) is 6.42 Å². The first kappa shape index (κ1) is 18.5. The lowest BCUT2D eigenvalue weighted by molar-refractivity contribution is 0.100. The van der Waals surface area contributed by atoms with Crippen molar-refractivity contribution in [3.8, 4) is 11.1 Å². The van der Waals surface area contributed by atoms with Gasteiger partial charge in [0.25, 0.3) is 5.91 Å². The average Bonchev–Trinajstić information content (AvgIpc) is 3.11. The van der Waals surface area contributed by atoms with E-state index in [1.165, 1.54) is 10.6 Å². The first-order chi connectivity index (χ1) is 13.3. The molecule has 7 heteroatoms. The van der Waals surface area contributed by atoms with E-state index in [2.05, 4.69) is 4.98 Å². The number of aromatic amines is 1. The van der Waals surface area contributed by atoms with Crippen molar-refractivity contribution in [3.05, 3.63) is 65.9 Å². The number of sulfonamides is 1. The molecule has 1 aromatic heterocycles. The third-order valence-corrected chi connectivity index (χ3v) is 6.42. The van der Waals surface area contributed by atoms with E-state index in [-0.39, 0.29) is 0 Å². The number of fused-ring (bicyclic) bond motifs is 1. The summed E-state index contributed by atoms with van der Waals surface area (Å²) in [6.07, 6.45) is 5.64. The Balaban J connectivity index is 1.84. The molecule has 1 aliphatic heterocycles. The van der Waals surface area contributed by atoms with Gasteiger partial charge in [0.15, 0.2) is 0 Å². The zero-order valence-electron chi connectivity index (χ0n) is 15.5. The van der Waals surface area contributed by atoms with Gasteiger partial charge in [0.1, 0.15) is 0 Å². The van der Waals surface area contributed by atoms with Crippen molar-refractivity contribution in [2.75, 3.05) is 19.3 Å². The molecule has 0 aliphatic carbocycles. The lowest BCUT2D eigenvalue weighted by Gasteiger charge is -2.24. The van der Waals surface area contributed by atoms with Crippen molar-refractivity contribution in [3.63, 3.8) is 0 Å². The summed E-state index contributed by atoms with van der Waals surface area (Å²) in [6, 6.07) is 13.7. The first-order valence-electron chi connectivity index (χ1n) is 8.99. The second-order valence-corrected chi connectivity index (χ2v) is 8.96. The molecule has 144 valence electrons. The summed E-state index contributed by atoms with van der Waals surface area (Å²) in [5, 5.41) is 0.911. The smallest absolute Gasteiger partial charge is 0.250 e. The molecular weight excluding hydrogens is 374 g/mol. The summed E-state index contributed by atoms with van der Waals surface area (Å²) in [5.41, 5.74) is 10.7. The van der Waals surface area contributed by atoms with Crippen LogP contribution in [0.4, 0.5) is 0 Å². The number of benzene rings is 2. The van der Waals surface area contributed by atoms with Crippen molar-refractivity contribution in [1.82, 2.24) is 9.29 Å². The van der Waals surface area contributed by atoms with E-state index in [9.17, 15) is 13.2 Å². The van der Waals surface area contributed by atoms with Crippen LogP contribution >= 0.6 is 0 Å². The Hall–Kier alpha value is -2.90. The first-order valence-corrected chi connectivity index (χ1v) is 10.8. The van der Waals surface area contributed by atoms with Gasteiger partial charge in [0.2, 0.25) is 10.0 Å². The van der Waals surface area contributed by atoms with E-state index in [0.29, 0.717) is 30.6 Å². The highest BCUT2D eigenvalue weighted by Gasteiger charge is 2.22. The number of hydrogen-bond donors (Lipinski definition) is 2. The number of rotatable bonds is 4. The predicted molar refractivity (Wildman–Crippen MR) is 111 cm³/mol. The Morgan fingerprint density at radius 3 is 2.50 bits per heavy atom. The SMILES string of the molecule is CS(=O)(=O)N1CC=C(c2c[nH]c3c(C(N)=O)cc(-c4ccccc4)cc23)CC1. The van der Waals surface area contributed by atoms with Crippen LogP contribution in [0.1, 0.15) is 22.3 Å². The molecule has 3 N–H and O–H groups in total. The maximum absolute atomic E-state index is 12.1. The number of nitrogens with zero attached hydrogens (tertiary/aromatic N) is 1. The summed E-state index contributed by atoms with van der Waals surface area (Å²) >= 11 is 0. The van der Waals surface area contributed by atoms with Crippen LogP contribution in [0.2, 0.25) is 0 Å². The highest BCUT2D eigenvalue weighted by atomic mass is 32.2. The summed E-state index contributed by atoms with van der Waals surface area (Å²) in [6.45, 7) is 0.792. The Kier molecular flexibility index (Phi) is 4.56. The Bertz CT molecular complexity index is 1190. The molecule has 1 amide bonds. The number of carbonyl (C=O) groups excluding carboxylic acids is 1. The normalized spacial score (nSPS) is 15.5. The number of nitrogens with one attached hydrogen (secondary N) is 1. The van der Waals surface area contributed by atoms with Crippen LogP contribution in [-0.2, 0) is 10.0 Å². The van der Waals surface area contributed by atoms with Crippen molar-refractivity contribution < 1.29 is 13.2 Å². The van der Waals surface area contributed by atoms with E-state index in [1.807, 2.05) is 48.7 Å². The number of carbonyl (C=O) groups is 1. The molecule has 0 saturated heterocycles. The Morgan fingerprint density at radius 2 is 1.89 bits per heavy atom. The van der Waals surface area contributed by atoms with Crippen molar-refractivity contribution in [2.24, 2.45) is 5.73 Å². The summed E-state index contributed by atoms with van der Waals surface area (Å²) in [5.74, 6) is -0.489. The topological polar surface area (TPSA) is 96.3 Å². The molecule has 0 radical (unpaired) electrons. The Morgan fingerprint density at radius 1 is 1.14 bits per heavy atom. The standard InChI is InChI=1S/C21H21N3O3S/c1-28(26,27)24-9-7-15(8-10-24)19-13-23-20-17(19)11-16(12-18(20)21(22)25)14-5-3-2-4-6-14/h2-7,11-13,23H,8-10H2,1H3,(H2,22,25). The molecule has 28 heavy (non-hydrogen) atoms. The lowest BCUT2D eigenvalue weighted by Crippen LogP contribution is -2.33. The fraction of sp³-hybridized carbons (Fsp3) is 0.190. The molecule has 1 aliphatic rings. The zero-order chi connectivity index (χ0) is 19.9. The molecule has 0 fully saturated rings. The highest BCUT2D eigenvalue weighted by Crippen LogP contribution is 2.34. The quantitative estimate of drug-likeness (QED) is 0.711. The average molecular weight is 395 g/mol. The summed E-state index contributed by atoms with van der Waals surface area (Å²) in [4.78, 5) is 15.2. The molecule has 6 nitrogen and oxygen atoms in total. The second kappa shape index (κ2) is 6.92. The molecule has 0 bridgehead atoms. The van der Waals surface area contributed by atoms with Gasteiger partial charge in [-0.15, -0.1) is 0 Å². The van der Waals surface area contributed by atoms with Gasteiger partial charge in [0.05, 0.1) is 17.3 Å². The van der Waals surface area contributed by atoms with E-state index >= 15 is 0 Å². The van der Waals surface area contributed by atoms with Crippen LogP contribution < -0.4 is 5.73 Å². The van der Waals surface area contributed by atoms with Gasteiger partial charge in [0, 0.05) is 30.2 Å². The number of nitrogens with two attached hydrogens (primary N) is 1.